The zero-order chi connectivity index (χ0) is 21.3. The summed E-state index contributed by atoms with van der Waals surface area (Å²) in [5, 5.41) is 9.20. The maximum atomic E-state index is 13.1. The number of aromatic nitrogens is 2. The topological polar surface area (TPSA) is 90.4 Å². The predicted octanol–water partition coefficient (Wildman–Crippen LogP) is 3.60. The molecular formula is C23H25N5O2. The third-order valence-electron chi connectivity index (χ3n) is 5.32. The molecule has 4 rings (SSSR count). The quantitative estimate of drug-likeness (QED) is 0.658. The van der Waals surface area contributed by atoms with E-state index in [4.69, 9.17) is 0 Å². The third-order valence-corrected chi connectivity index (χ3v) is 5.32. The van der Waals surface area contributed by atoms with Crippen LogP contribution >= 0.6 is 0 Å². The molecule has 2 heterocycles. The van der Waals surface area contributed by atoms with E-state index in [0.717, 1.165) is 16.7 Å². The molecule has 7 heteroatoms. The number of benzene rings is 2. The van der Waals surface area contributed by atoms with E-state index in [2.05, 4.69) is 20.4 Å². The SMILES string of the molecule is CC(=O)C1CC(C(=O)NC(c2nc3ccccc3[nH]2)C(C)C)=NN1c1ccccc1. The standard InChI is InChI=1S/C23H25N5O2/c1-14(2)21(22-24-17-11-7-8-12-18(17)25-22)26-23(30)19-13-20(15(3)29)28(27-19)16-9-5-4-6-10-16/h4-12,14,20-21H,13H2,1-3H3,(H,24,25)(H,26,30). The molecule has 0 aliphatic carbocycles. The molecule has 1 amide bonds. The lowest BCUT2D eigenvalue weighted by Crippen LogP contribution is -2.37. The monoisotopic (exact) mass is 403 g/mol. The van der Waals surface area contributed by atoms with Crippen molar-refractivity contribution >= 4 is 34.1 Å². The summed E-state index contributed by atoms with van der Waals surface area (Å²) in [6.07, 6.45) is 0.279. The number of anilines is 1. The number of hydrazone groups is 1. The zero-order valence-electron chi connectivity index (χ0n) is 17.3. The molecule has 0 spiro atoms. The number of H-pyrrole nitrogens is 1. The van der Waals surface area contributed by atoms with E-state index in [9.17, 15) is 9.59 Å². The van der Waals surface area contributed by atoms with Crippen LogP contribution in [0.25, 0.3) is 11.0 Å². The number of rotatable bonds is 6. The number of hydrogen-bond acceptors (Lipinski definition) is 5. The molecule has 2 N–H and O–H groups in total. The van der Waals surface area contributed by atoms with Crippen molar-refractivity contribution < 1.29 is 9.59 Å². The normalized spacial score (nSPS) is 17.3. The van der Waals surface area contributed by atoms with Crippen molar-refractivity contribution in [1.82, 2.24) is 15.3 Å². The minimum absolute atomic E-state index is 0.0249. The second-order valence-electron chi connectivity index (χ2n) is 7.89. The summed E-state index contributed by atoms with van der Waals surface area (Å²) in [6, 6.07) is 16.4. The Bertz CT molecular complexity index is 1070. The van der Waals surface area contributed by atoms with Gasteiger partial charge in [0.25, 0.3) is 5.91 Å². The Morgan fingerprint density at radius 3 is 2.47 bits per heavy atom. The van der Waals surface area contributed by atoms with Crippen molar-refractivity contribution in [2.24, 2.45) is 11.0 Å². The van der Waals surface area contributed by atoms with Gasteiger partial charge in [0, 0.05) is 6.42 Å². The van der Waals surface area contributed by atoms with E-state index in [1.165, 1.54) is 6.92 Å². The number of nitrogens with zero attached hydrogens (tertiary/aromatic N) is 3. The van der Waals surface area contributed by atoms with E-state index in [0.29, 0.717) is 11.5 Å². The fraction of sp³-hybridized carbons (Fsp3) is 0.304. The maximum Gasteiger partial charge on any atom is 0.268 e. The summed E-state index contributed by atoms with van der Waals surface area (Å²) < 4.78 is 0. The van der Waals surface area contributed by atoms with Gasteiger partial charge in [-0.1, -0.05) is 44.2 Å². The number of Topliss-reactive ketones (excluding diaryl/α,β-unsaturated/α-hetero) is 1. The van der Waals surface area contributed by atoms with Gasteiger partial charge in [0.05, 0.1) is 22.8 Å². The first-order chi connectivity index (χ1) is 14.4. The van der Waals surface area contributed by atoms with Crippen molar-refractivity contribution in [3.63, 3.8) is 0 Å². The Kier molecular flexibility index (Phi) is 5.35. The molecule has 1 aromatic heterocycles. The molecule has 0 saturated carbocycles. The number of aromatic amines is 1. The average Bonchev–Trinajstić information content (AvgIpc) is 3.37. The largest absolute Gasteiger partial charge is 0.341 e. The Hall–Kier alpha value is -3.48. The van der Waals surface area contributed by atoms with Gasteiger partial charge >= 0.3 is 0 Å². The van der Waals surface area contributed by atoms with E-state index < -0.39 is 6.04 Å². The second-order valence-corrected chi connectivity index (χ2v) is 7.89. The van der Waals surface area contributed by atoms with Gasteiger partial charge in [-0.2, -0.15) is 5.10 Å². The smallest absolute Gasteiger partial charge is 0.268 e. The minimum atomic E-state index is -0.475. The number of amides is 1. The van der Waals surface area contributed by atoms with Crippen molar-refractivity contribution in [3.8, 4) is 0 Å². The van der Waals surface area contributed by atoms with Crippen LogP contribution < -0.4 is 10.3 Å². The maximum absolute atomic E-state index is 13.1. The van der Waals surface area contributed by atoms with Crippen molar-refractivity contribution in [1.29, 1.82) is 0 Å². The number of para-hydroxylation sites is 3. The Morgan fingerprint density at radius 1 is 1.10 bits per heavy atom. The molecule has 1 aliphatic rings. The van der Waals surface area contributed by atoms with Gasteiger partial charge in [-0.25, -0.2) is 4.98 Å². The molecule has 154 valence electrons. The molecule has 2 unspecified atom stereocenters. The molecule has 1 aliphatic heterocycles. The predicted molar refractivity (Wildman–Crippen MR) is 117 cm³/mol. The Balaban J connectivity index is 1.58. The number of imidazole rings is 1. The van der Waals surface area contributed by atoms with E-state index in [1.807, 2.05) is 68.4 Å². The summed E-state index contributed by atoms with van der Waals surface area (Å²) in [5.41, 5.74) is 2.93. The van der Waals surface area contributed by atoms with Gasteiger partial charge in [-0.3, -0.25) is 14.6 Å². The van der Waals surface area contributed by atoms with Crippen molar-refractivity contribution in [2.45, 2.75) is 39.3 Å². The molecule has 7 nitrogen and oxygen atoms in total. The highest BCUT2D eigenvalue weighted by molar-refractivity contribution is 6.40. The van der Waals surface area contributed by atoms with Crippen LogP contribution in [0.15, 0.2) is 59.7 Å². The number of ketones is 1. The second kappa shape index (κ2) is 8.10. The molecule has 0 bridgehead atoms. The van der Waals surface area contributed by atoms with E-state index in [1.54, 1.807) is 5.01 Å². The zero-order valence-corrected chi connectivity index (χ0v) is 17.3. The number of fused-ring (bicyclic) bond motifs is 1. The van der Waals surface area contributed by atoms with Gasteiger partial charge < -0.3 is 10.3 Å². The first-order valence-corrected chi connectivity index (χ1v) is 10.1. The van der Waals surface area contributed by atoms with Crippen molar-refractivity contribution in [3.05, 3.63) is 60.4 Å². The van der Waals surface area contributed by atoms with E-state index in [-0.39, 0.29) is 30.1 Å². The van der Waals surface area contributed by atoms with Crippen LogP contribution in [-0.4, -0.2) is 33.4 Å². The summed E-state index contributed by atoms with van der Waals surface area (Å²) in [5.74, 6) is 0.522. The Morgan fingerprint density at radius 2 is 1.80 bits per heavy atom. The van der Waals surface area contributed by atoms with Crippen LogP contribution in [-0.2, 0) is 9.59 Å². The van der Waals surface area contributed by atoms with Gasteiger partial charge in [0.1, 0.15) is 17.6 Å². The molecule has 0 fully saturated rings. The van der Waals surface area contributed by atoms with Crippen LogP contribution in [0.1, 0.15) is 39.1 Å². The van der Waals surface area contributed by atoms with Gasteiger partial charge in [0.15, 0.2) is 5.78 Å². The number of carbonyl (C=O) groups is 2. The van der Waals surface area contributed by atoms with Crippen LogP contribution in [0.5, 0.6) is 0 Å². The molecule has 0 saturated heterocycles. The average molecular weight is 403 g/mol. The van der Waals surface area contributed by atoms with E-state index >= 15 is 0 Å². The lowest BCUT2D eigenvalue weighted by Gasteiger charge is -2.20. The van der Waals surface area contributed by atoms with Gasteiger partial charge in [-0.05, 0) is 37.1 Å². The van der Waals surface area contributed by atoms with Crippen LogP contribution in [0, 0.1) is 5.92 Å². The van der Waals surface area contributed by atoms with Gasteiger partial charge in [0.2, 0.25) is 0 Å². The third kappa shape index (κ3) is 3.83. The fourth-order valence-electron chi connectivity index (χ4n) is 3.68. The summed E-state index contributed by atoms with van der Waals surface area (Å²) in [6.45, 7) is 5.59. The highest BCUT2D eigenvalue weighted by atomic mass is 16.2. The molecule has 2 aromatic carbocycles. The lowest BCUT2D eigenvalue weighted by molar-refractivity contribution is -0.118. The molecule has 3 aromatic rings. The first kappa shape index (κ1) is 19.8. The molecule has 0 radical (unpaired) electrons. The fourth-order valence-corrected chi connectivity index (χ4v) is 3.68. The highest BCUT2D eigenvalue weighted by Gasteiger charge is 2.35. The highest BCUT2D eigenvalue weighted by Crippen LogP contribution is 2.26. The minimum Gasteiger partial charge on any atom is -0.341 e. The summed E-state index contributed by atoms with van der Waals surface area (Å²) in [4.78, 5) is 33.2. The molecular weight excluding hydrogens is 378 g/mol. The number of hydrogen-bond donors (Lipinski definition) is 2. The molecule has 30 heavy (non-hydrogen) atoms. The van der Waals surface area contributed by atoms with Crippen LogP contribution in [0.3, 0.4) is 0 Å². The summed E-state index contributed by atoms with van der Waals surface area (Å²) >= 11 is 0. The number of nitrogens with one attached hydrogen (secondary N) is 2. The van der Waals surface area contributed by atoms with Crippen LogP contribution in [0.2, 0.25) is 0 Å². The van der Waals surface area contributed by atoms with Crippen molar-refractivity contribution in [2.75, 3.05) is 5.01 Å². The van der Waals surface area contributed by atoms with Crippen LogP contribution in [0.4, 0.5) is 5.69 Å². The molecule has 2 atom stereocenters. The lowest BCUT2D eigenvalue weighted by atomic mass is 10.0. The Labute approximate surface area is 175 Å². The van der Waals surface area contributed by atoms with Gasteiger partial charge in [-0.15, -0.1) is 0 Å². The summed E-state index contributed by atoms with van der Waals surface area (Å²) in [7, 11) is 0. The number of carbonyl (C=O) groups excluding carboxylic acids is 2. The first-order valence-electron chi connectivity index (χ1n) is 10.1.